The monoisotopic (exact) mass is 426 g/mol. The Labute approximate surface area is 179 Å². The lowest BCUT2D eigenvalue weighted by Crippen LogP contribution is -1.90. The summed E-state index contributed by atoms with van der Waals surface area (Å²) in [5.74, 6) is 0.562. The highest BCUT2D eigenvalue weighted by atomic mass is 19.1. The molecular weight excluding hydrogens is 411 g/mol. The van der Waals surface area contributed by atoms with Crippen LogP contribution in [-0.4, -0.2) is 47.4 Å². The fraction of sp³-hybridized carbons (Fsp3) is 0.0455. The molecule has 3 N–H and O–H groups in total. The number of methoxy groups -OCH3 is 1. The first-order valence-corrected chi connectivity index (χ1v) is 9.73. The maximum absolute atomic E-state index is 14.1. The number of benzene rings is 1. The molecule has 5 heterocycles. The van der Waals surface area contributed by atoms with Gasteiger partial charge >= 0.3 is 0 Å². The van der Waals surface area contributed by atoms with Crippen molar-refractivity contribution in [3.05, 3.63) is 60.9 Å². The molecule has 0 bridgehead atoms. The number of H-pyrrole nitrogens is 3. The Hall–Kier alpha value is -4.60. The van der Waals surface area contributed by atoms with Gasteiger partial charge in [-0.05, 0) is 24.3 Å². The summed E-state index contributed by atoms with van der Waals surface area (Å²) in [6.45, 7) is 0. The number of fused-ring (bicyclic) bond motifs is 2. The number of aromatic nitrogens is 8. The number of halogens is 1. The van der Waals surface area contributed by atoms with E-state index in [1.54, 1.807) is 30.9 Å². The van der Waals surface area contributed by atoms with E-state index in [9.17, 15) is 4.39 Å². The van der Waals surface area contributed by atoms with Crippen molar-refractivity contribution in [2.24, 2.45) is 0 Å². The molecule has 32 heavy (non-hydrogen) atoms. The van der Waals surface area contributed by atoms with Gasteiger partial charge in [-0.2, -0.15) is 10.2 Å². The Balaban J connectivity index is 1.51. The molecule has 6 rings (SSSR count). The van der Waals surface area contributed by atoms with Crippen LogP contribution in [0.1, 0.15) is 0 Å². The standard InChI is InChI=1S/C22H15FN8O/c1-32-14-5-11(4-13(23)6-14)19-21-16(2-3-24-19)28-22(29-21)20-15-7-17(12-8-26-27-9-12)25-10-18(15)30-31-20/h2-10H,1H3,(H,26,27)(H,28,29)(H,30,31). The zero-order valence-corrected chi connectivity index (χ0v) is 16.7. The molecule has 0 amide bonds. The van der Waals surface area contributed by atoms with Gasteiger partial charge in [-0.3, -0.25) is 20.2 Å². The lowest BCUT2D eigenvalue weighted by molar-refractivity contribution is 0.411. The number of hydrogen-bond acceptors (Lipinski definition) is 6. The summed E-state index contributed by atoms with van der Waals surface area (Å²) in [6.07, 6.45) is 6.87. The predicted octanol–water partition coefficient (Wildman–Crippen LogP) is 4.10. The molecule has 156 valence electrons. The van der Waals surface area contributed by atoms with Crippen LogP contribution in [0.25, 0.3) is 56.0 Å². The van der Waals surface area contributed by atoms with Crippen molar-refractivity contribution in [2.45, 2.75) is 0 Å². The SMILES string of the molecule is COc1cc(F)cc(-c2nccc3[nH]c(-c4n[nH]c5cnc(-c6cn[nH]c6)cc45)nc23)c1. The van der Waals surface area contributed by atoms with Crippen molar-refractivity contribution in [3.8, 4) is 39.8 Å². The molecule has 6 aromatic rings. The number of imidazole rings is 1. The van der Waals surface area contributed by atoms with E-state index in [2.05, 4.69) is 35.3 Å². The predicted molar refractivity (Wildman–Crippen MR) is 116 cm³/mol. The normalized spacial score (nSPS) is 11.4. The fourth-order valence-corrected chi connectivity index (χ4v) is 3.72. The third-order valence-corrected chi connectivity index (χ3v) is 5.25. The van der Waals surface area contributed by atoms with E-state index in [4.69, 9.17) is 9.72 Å². The summed E-state index contributed by atoms with van der Waals surface area (Å²) in [6, 6.07) is 8.21. The van der Waals surface area contributed by atoms with Crippen LogP contribution in [0, 0.1) is 5.82 Å². The van der Waals surface area contributed by atoms with Crippen LogP contribution in [0.3, 0.4) is 0 Å². The Kier molecular flexibility index (Phi) is 3.97. The third kappa shape index (κ3) is 2.88. The van der Waals surface area contributed by atoms with E-state index in [1.807, 2.05) is 12.1 Å². The van der Waals surface area contributed by atoms with Crippen molar-refractivity contribution < 1.29 is 9.13 Å². The number of nitrogens with one attached hydrogen (secondary N) is 3. The van der Waals surface area contributed by atoms with Gasteiger partial charge in [0, 0.05) is 35.0 Å². The molecule has 0 aliphatic rings. The first-order valence-electron chi connectivity index (χ1n) is 9.73. The van der Waals surface area contributed by atoms with E-state index in [0.29, 0.717) is 34.0 Å². The number of aromatic amines is 3. The van der Waals surface area contributed by atoms with E-state index in [1.165, 1.54) is 19.2 Å². The highest BCUT2D eigenvalue weighted by molar-refractivity contribution is 5.96. The Morgan fingerprint density at radius 1 is 0.969 bits per heavy atom. The molecule has 0 unspecified atom stereocenters. The molecule has 1 aromatic carbocycles. The second-order valence-corrected chi connectivity index (χ2v) is 7.20. The summed E-state index contributed by atoms with van der Waals surface area (Å²) < 4.78 is 19.3. The number of hydrogen-bond donors (Lipinski definition) is 3. The number of nitrogens with zero attached hydrogens (tertiary/aromatic N) is 5. The molecule has 0 atom stereocenters. The Morgan fingerprint density at radius 3 is 2.75 bits per heavy atom. The topological polar surface area (TPSA) is 121 Å². The van der Waals surface area contributed by atoms with Gasteiger partial charge in [-0.1, -0.05) is 0 Å². The minimum Gasteiger partial charge on any atom is -0.497 e. The van der Waals surface area contributed by atoms with Crippen LogP contribution in [0.5, 0.6) is 5.75 Å². The highest BCUT2D eigenvalue weighted by Crippen LogP contribution is 2.32. The third-order valence-electron chi connectivity index (χ3n) is 5.25. The number of ether oxygens (including phenoxy) is 1. The molecule has 5 aromatic heterocycles. The Bertz CT molecular complexity index is 1580. The van der Waals surface area contributed by atoms with E-state index >= 15 is 0 Å². The summed E-state index contributed by atoms with van der Waals surface area (Å²) in [7, 11) is 1.49. The van der Waals surface area contributed by atoms with Crippen molar-refractivity contribution in [2.75, 3.05) is 7.11 Å². The van der Waals surface area contributed by atoms with Gasteiger partial charge in [0.1, 0.15) is 22.8 Å². The van der Waals surface area contributed by atoms with Gasteiger partial charge in [0.2, 0.25) is 0 Å². The van der Waals surface area contributed by atoms with E-state index in [-0.39, 0.29) is 0 Å². The molecular formula is C22H15FN8O. The molecule has 10 heteroatoms. The van der Waals surface area contributed by atoms with Gasteiger partial charge in [0.25, 0.3) is 0 Å². The Morgan fingerprint density at radius 2 is 1.91 bits per heavy atom. The minimum atomic E-state index is -0.411. The zero-order chi connectivity index (χ0) is 21.7. The van der Waals surface area contributed by atoms with Crippen LogP contribution in [0.2, 0.25) is 0 Å². The molecule has 0 saturated carbocycles. The first kappa shape index (κ1) is 18.2. The lowest BCUT2D eigenvalue weighted by Gasteiger charge is -2.05. The second kappa shape index (κ2) is 6.98. The van der Waals surface area contributed by atoms with Crippen LogP contribution in [0.4, 0.5) is 4.39 Å². The van der Waals surface area contributed by atoms with Crippen molar-refractivity contribution in [3.63, 3.8) is 0 Å². The fourth-order valence-electron chi connectivity index (χ4n) is 3.72. The molecule has 0 radical (unpaired) electrons. The van der Waals surface area contributed by atoms with Crippen molar-refractivity contribution in [1.29, 1.82) is 0 Å². The van der Waals surface area contributed by atoms with Gasteiger partial charge in [0.15, 0.2) is 5.82 Å². The van der Waals surface area contributed by atoms with Crippen LogP contribution >= 0.6 is 0 Å². The second-order valence-electron chi connectivity index (χ2n) is 7.20. The number of pyridine rings is 2. The quantitative estimate of drug-likeness (QED) is 0.390. The highest BCUT2D eigenvalue weighted by Gasteiger charge is 2.17. The lowest BCUT2D eigenvalue weighted by atomic mass is 10.1. The molecule has 0 aliphatic carbocycles. The largest absolute Gasteiger partial charge is 0.497 e. The summed E-state index contributed by atoms with van der Waals surface area (Å²) in [4.78, 5) is 17.0. The smallest absolute Gasteiger partial charge is 0.159 e. The average Bonchev–Trinajstić information content (AvgIpc) is 3.56. The van der Waals surface area contributed by atoms with Crippen LogP contribution in [0.15, 0.2) is 55.1 Å². The maximum atomic E-state index is 14.1. The van der Waals surface area contributed by atoms with E-state index < -0.39 is 5.82 Å². The summed E-state index contributed by atoms with van der Waals surface area (Å²) in [5, 5.41) is 15.1. The van der Waals surface area contributed by atoms with Crippen molar-refractivity contribution in [1.82, 2.24) is 40.3 Å². The van der Waals surface area contributed by atoms with Crippen LogP contribution < -0.4 is 4.74 Å². The zero-order valence-electron chi connectivity index (χ0n) is 16.7. The molecule has 0 aliphatic heterocycles. The van der Waals surface area contributed by atoms with Gasteiger partial charge < -0.3 is 9.72 Å². The molecule has 0 spiro atoms. The summed E-state index contributed by atoms with van der Waals surface area (Å²) in [5.41, 5.74) is 5.54. The van der Waals surface area contributed by atoms with E-state index in [0.717, 1.165) is 27.7 Å². The van der Waals surface area contributed by atoms with Gasteiger partial charge in [-0.25, -0.2) is 9.37 Å². The average molecular weight is 426 g/mol. The minimum absolute atomic E-state index is 0.409. The maximum Gasteiger partial charge on any atom is 0.159 e. The first-order chi connectivity index (χ1) is 15.7. The van der Waals surface area contributed by atoms with Crippen molar-refractivity contribution >= 4 is 21.9 Å². The van der Waals surface area contributed by atoms with Gasteiger partial charge in [-0.15, -0.1) is 0 Å². The molecule has 0 fully saturated rings. The van der Waals surface area contributed by atoms with Crippen LogP contribution in [-0.2, 0) is 0 Å². The summed E-state index contributed by atoms with van der Waals surface area (Å²) >= 11 is 0. The van der Waals surface area contributed by atoms with Gasteiger partial charge in [0.05, 0.1) is 41.9 Å². The molecule has 0 saturated heterocycles. The molecule has 9 nitrogen and oxygen atoms in total. The number of rotatable bonds is 4.